The molecular formula is C27H20N2O6. The first-order chi connectivity index (χ1) is 16.8. The molecule has 2 aromatic carbocycles. The highest BCUT2D eigenvalue weighted by Gasteiger charge is 2.82. The van der Waals surface area contributed by atoms with Gasteiger partial charge in [-0.25, -0.2) is 0 Å². The van der Waals surface area contributed by atoms with Crippen molar-refractivity contribution < 1.29 is 29.6 Å². The fraction of sp³-hybridized carbons (Fsp3) is 0.259. The molecule has 6 rings (SSSR count). The number of ether oxygens (including phenoxy) is 1. The van der Waals surface area contributed by atoms with E-state index in [1.807, 2.05) is 0 Å². The highest BCUT2D eigenvalue weighted by molar-refractivity contribution is 6.31. The van der Waals surface area contributed by atoms with Crippen LogP contribution in [0, 0.1) is 23.7 Å². The summed E-state index contributed by atoms with van der Waals surface area (Å²) in [5.74, 6) is 9.82. The van der Waals surface area contributed by atoms with Gasteiger partial charge in [0, 0.05) is 23.2 Å². The van der Waals surface area contributed by atoms with Gasteiger partial charge in [0.2, 0.25) is 0 Å². The molecule has 6 N–H and O–H groups in total. The predicted octanol–water partition coefficient (Wildman–Crippen LogP) is 0.703. The predicted molar refractivity (Wildman–Crippen MR) is 125 cm³/mol. The number of ketones is 2. The van der Waals surface area contributed by atoms with Crippen LogP contribution in [0.3, 0.4) is 0 Å². The van der Waals surface area contributed by atoms with Gasteiger partial charge in [-0.3, -0.25) is 9.59 Å². The summed E-state index contributed by atoms with van der Waals surface area (Å²) in [5, 5.41) is 36.1. The van der Waals surface area contributed by atoms with Crippen LogP contribution in [0.5, 0.6) is 5.75 Å². The molecule has 0 spiro atoms. The summed E-state index contributed by atoms with van der Waals surface area (Å²) in [6.07, 6.45) is 0.464. The molecule has 8 nitrogen and oxygen atoms in total. The quantitative estimate of drug-likeness (QED) is 0.210. The summed E-state index contributed by atoms with van der Waals surface area (Å²) in [4.78, 5) is 27.2. The van der Waals surface area contributed by atoms with Crippen molar-refractivity contribution in [2.75, 3.05) is 5.32 Å². The largest absolute Gasteiger partial charge is 0.507 e. The van der Waals surface area contributed by atoms with E-state index >= 15 is 0 Å². The van der Waals surface area contributed by atoms with E-state index in [1.165, 1.54) is 31.2 Å². The molecular weight excluding hydrogens is 448 g/mol. The van der Waals surface area contributed by atoms with Gasteiger partial charge >= 0.3 is 0 Å². The average Bonchev–Trinajstić information content (AvgIpc) is 3.57. The Hall–Kier alpha value is -3.92. The van der Waals surface area contributed by atoms with E-state index in [1.54, 1.807) is 12.1 Å². The Balaban J connectivity index is 1.67. The fourth-order valence-corrected chi connectivity index (χ4v) is 5.61. The van der Waals surface area contributed by atoms with Crippen molar-refractivity contribution in [2.24, 2.45) is 5.73 Å². The minimum absolute atomic E-state index is 0.0414. The Labute approximate surface area is 200 Å². The smallest absolute Gasteiger partial charge is 0.198 e. The Kier molecular flexibility index (Phi) is 4.35. The maximum Gasteiger partial charge on any atom is 0.198 e. The summed E-state index contributed by atoms with van der Waals surface area (Å²) in [6.45, 7) is 1.70. The van der Waals surface area contributed by atoms with Crippen LogP contribution in [0.15, 0.2) is 36.4 Å². The zero-order chi connectivity index (χ0) is 24.7. The zero-order valence-corrected chi connectivity index (χ0v) is 18.5. The lowest BCUT2D eigenvalue weighted by atomic mass is 9.69. The maximum atomic E-state index is 13.8. The first-order valence-electron chi connectivity index (χ1n) is 11.1. The van der Waals surface area contributed by atoms with Crippen LogP contribution in [0.2, 0.25) is 0 Å². The molecule has 0 saturated carbocycles. The molecule has 2 heterocycles. The number of anilines is 1. The molecule has 1 saturated heterocycles. The number of aliphatic hydroxyl groups excluding tert-OH is 2. The van der Waals surface area contributed by atoms with Crippen molar-refractivity contribution in [3.8, 4) is 29.4 Å². The number of aromatic hydroxyl groups is 1. The van der Waals surface area contributed by atoms with E-state index in [4.69, 9.17) is 10.5 Å². The number of carbonyl (C=O) groups excluding carboxylic acids is 2. The normalized spacial score (nSPS) is 29.6. The Morgan fingerprint density at radius 3 is 2.54 bits per heavy atom. The van der Waals surface area contributed by atoms with Crippen LogP contribution in [0.25, 0.3) is 0 Å². The number of aliphatic hydroxyl groups is 2. The monoisotopic (exact) mass is 468 g/mol. The summed E-state index contributed by atoms with van der Waals surface area (Å²) in [6, 6.07) is 5.21. The highest BCUT2D eigenvalue weighted by atomic mass is 16.7. The molecule has 2 aromatic rings. The second-order valence-electron chi connectivity index (χ2n) is 9.01. The molecule has 0 amide bonds. The van der Waals surface area contributed by atoms with Gasteiger partial charge in [0.25, 0.3) is 0 Å². The topological polar surface area (TPSA) is 145 Å². The van der Waals surface area contributed by atoms with Crippen LogP contribution in [-0.4, -0.2) is 50.7 Å². The number of phenolic OH excluding ortho intramolecular Hbond substituents is 1. The van der Waals surface area contributed by atoms with Gasteiger partial charge < -0.3 is 31.1 Å². The zero-order valence-electron chi connectivity index (χ0n) is 18.5. The van der Waals surface area contributed by atoms with Crippen LogP contribution in [0.4, 0.5) is 5.69 Å². The first-order valence-corrected chi connectivity index (χ1v) is 11.1. The number of hydrogen-bond acceptors (Lipinski definition) is 8. The number of benzene rings is 2. The lowest BCUT2D eigenvalue weighted by Gasteiger charge is -2.37. The van der Waals surface area contributed by atoms with Gasteiger partial charge in [0.05, 0.1) is 22.9 Å². The number of nitrogens with one attached hydrogen (secondary N) is 1. The number of carbonyl (C=O) groups is 2. The molecule has 0 aromatic heterocycles. The summed E-state index contributed by atoms with van der Waals surface area (Å²) >= 11 is 0. The van der Waals surface area contributed by atoms with Crippen molar-refractivity contribution in [1.29, 1.82) is 0 Å². The maximum absolute atomic E-state index is 13.8. The highest BCUT2D eigenvalue weighted by Crippen LogP contribution is 2.67. The van der Waals surface area contributed by atoms with Crippen molar-refractivity contribution in [3.05, 3.63) is 69.8 Å². The van der Waals surface area contributed by atoms with Crippen molar-refractivity contribution in [3.63, 3.8) is 0 Å². The van der Waals surface area contributed by atoms with Gasteiger partial charge in [-0.2, -0.15) is 0 Å². The van der Waals surface area contributed by atoms with Crippen molar-refractivity contribution >= 4 is 17.3 Å². The van der Waals surface area contributed by atoms with Gasteiger partial charge in [0.1, 0.15) is 11.8 Å². The van der Waals surface area contributed by atoms with E-state index in [-0.39, 0.29) is 40.0 Å². The second kappa shape index (κ2) is 7.05. The van der Waals surface area contributed by atoms with Crippen LogP contribution in [0.1, 0.15) is 49.9 Å². The van der Waals surface area contributed by atoms with Crippen LogP contribution >= 0.6 is 0 Å². The van der Waals surface area contributed by atoms with E-state index in [9.17, 15) is 24.9 Å². The number of nitrogens with two attached hydrogens (primary N) is 1. The molecule has 5 atom stereocenters. The third-order valence-electron chi connectivity index (χ3n) is 7.26. The lowest BCUT2D eigenvalue weighted by molar-refractivity contribution is 0.0867. The first kappa shape index (κ1) is 21.6. The number of epoxide rings is 1. The summed E-state index contributed by atoms with van der Waals surface area (Å²) in [5.41, 5.74) is 4.01. The minimum atomic E-state index is -1.59. The molecule has 5 unspecified atom stereocenters. The third-order valence-corrected chi connectivity index (χ3v) is 7.26. The van der Waals surface area contributed by atoms with Crippen LogP contribution in [-0.2, 0) is 16.9 Å². The summed E-state index contributed by atoms with van der Waals surface area (Å²) in [7, 11) is 0. The number of fused-ring (bicyclic) bond motifs is 4. The lowest BCUT2D eigenvalue weighted by Crippen LogP contribution is -2.54. The van der Waals surface area contributed by atoms with Gasteiger partial charge in [-0.1, -0.05) is 29.7 Å². The molecule has 2 bridgehead atoms. The standard InChI is InChI=1S/C27H20N2O6/c1-13(30)26-19-6-4-2-3-5-7-20(32)27(26,35-26)17-11-18(31)21-22(23(17)29-19)25(34)16-10-14(12-28)8-9-15(16)24(21)33/h2-3,8-11,13,19-20,29-32H,12,28H2,1H3. The van der Waals surface area contributed by atoms with Crippen molar-refractivity contribution in [1.82, 2.24) is 0 Å². The van der Waals surface area contributed by atoms with E-state index in [0.717, 1.165) is 0 Å². The molecule has 174 valence electrons. The molecule has 35 heavy (non-hydrogen) atoms. The molecule has 2 aliphatic carbocycles. The third kappa shape index (κ3) is 2.52. The SMILES string of the molecule is CC(O)C12OC13c1cc(O)c4c(c1NC2C#CC=CC#CC3O)C(=O)c1cc(CN)ccc1C4=O. The molecule has 2 aliphatic heterocycles. The minimum Gasteiger partial charge on any atom is -0.507 e. The molecule has 0 radical (unpaired) electrons. The van der Waals surface area contributed by atoms with Gasteiger partial charge in [-0.05, 0) is 42.8 Å². The number of rotatable bonds is 2. The van der Waals surface area contributed by atoms with Gasteiger partial charge in [-0.15, -0.1) is 0 Å². The Morgan fingerprint density at radius 2 is 1.83 bits per heavy atom. The fourth-order valence-electron chi connectivity index (χ4n) is 5.61. The number of hydrogen-bond donors (Lipinski definition) is 5. The number of allylic oxidation sites excluding steroid dienone is 2. The van der Waals surface area contributed by atoms with Gasteiger partial charge in [0.15, 0.2) is 28.9 Å². The van der Waals surface area contributed by atoms with E-state index < -0.39 is 46.8 Å². The van der Waals surface area contributed by atoms with Crippen LogP contribution < -0.4 is 11.1 Å². The summed E-state index contributed by atoms with van der Waals surface area (Å²) < 4.78 is 6.14. The Morgan fingerprint density at radius 1 is 1.11 bits per heavy atom. The molecule has 4 aliphatic rings. The molecule has 8 heteroatoms. The molecule has 1 fully saturated rings. The average molecular weight is 468 g/mol. The second-order valence-corrected chi connectivity index (χ2v) is 9.01. The van der Waals surface area contributed by atoms with E-state index in [0.29, 0.717) is 5.56 Å². The van der Waals surface area contributed by atoms with Crippen molar-refractivity contribution in [2.45, 2.75) is 42.9 Å². The van der Waals surface area contributed by atoms with E-state index in [2.05, 4.69) is 29.0 Å². The Bertz CT molecular complexity index is 1520. The number of phenols is 1.